The minimum absolute atomic E-state index is 0.0881. The van der Waals surface area contributed by atoms with Gasteiger partial charge in [-0.05, 0) is 38.1 Å². The molecule has 2 amide bonds. The van der Waals surface area contributed by atoms with Crippen LogP contribution in [0.2, 0.25) is 0 Å². The summed E-state index contributed by atoms with van der Waals surface area (Å²) in [5, 5.41) is 0. The van der Waals surface area contributed by atoms with Crippen molar-refractivity contribution in [2.75, 3.05) is 25.1 Å². The van der Waals surface area contributed by atoms with Crippen LogP contribution in [-0.2, 0) is 0 Å². The molecule has 1 saturated heterocycles. The molecule has 2 rings (SSSR count). The summed E-state index contributed by atoms with van der Waals surface area (Å²) in [4.78, 5) is 15.8. The van der Waals surface area contributed by atoms with Gasteiger partial charge in [-0.1, -0.05) is 0 Å². The predicted octanol–water partition coefficient (Wildman–Crippen LogP) is 2.35. The van der Waals surface area contributed by atoms with Gasteiger partial charge in [-0.2, -0.15) is 0 Å². The van der Waals surface area contributed by atoms with Gasteiger partial charge < -0.3 is 9.64 Å². The maximum atomic E-state index is 12.1. The fraction of sp³-hybridized carbons (Fsp3) is 0.462. The van der Waals surface area contributed by atoms with E-state index in [-0.39, 0.29) is 12.1 Å². The Morgan fingerprint density at radius 3 is 2.29 bits per heavy atom. The number of carbonyl (C=O) groups excluding carboxylic acids is 1. The minimum Gasteiger partial charge on any atom is -0.497 e. The molecule has 0 saturated carbocycles. The van der Waals surface area contributed by atoms with Crippen LogP contribution in [-0.4, -0.2) is 37.2 Å². The van der Waals surface area contributed by atoms with Crippen LogP contribution in [0.5, 0.6) is 5.75 Å². The van der Waals surface area contributed by atoms with Crippen molar-refractivity contribution in [3.05, 3.63) is 24.3 Å². The van der Waals surface area contributed by atoms with Crippen molar-refractivity contribution in [2.24, 2.45) is 0 Å². The topological polar surface area (TPSA) is 32.8 Å². The van der Waals surface area contributed by atoms with Crippen LogP contribution < -0.4 is 9.64 Å². The number of carbonyl (C=O) groups is 1. The van der Waals surface area contributed by atoms with Crippen molar-refractivity contribution in [1.82, 2.24) is 4.90 Å². The molecule has 1 aromatic rings. The Bertz CT molecular complexity index is 400. The van der Waals surface area contributed by atoms with E-state index in [9.17, 15) is 4.79 Å². The number of nitrogens with zero attached hydrogens (tertiary/aromatic N) is 2. The van der Waals surface area contributed by atoms with E-state index in [1.165, 1.54) is 0 Å². The predicted molar refractivity (Wildman–Crippen MR) is 67.6 cm³/mol. The summed E-state index contributed by atoms with van der Waals surface area (Å²) < 4.78 is 5.10. The molecule has 0 bridgehead atoms. The molecule has 1 aliphatic rings. The number of ether oxygens (including phenoxy) is 1. The lowest BCUT2D eigenvalue weighted by Crippen LogP contribution is -2.36. The van der Waals surface area contributed by atoms with Gasteiger partial charge in [0.1, 0.15) is 5.75 Å². The van der Waals surface area contributed by atoms with Gasteiger partial charge in [-0.25, -0.2) is 4.79 Å². The minimum atomic E-state index is 0.0881. The largest absolute Gasteiger partial charge is 0.497 e. The second-order valence-electron chi connectivity index (χ2n) is 4.42. The molecule has 0 N–H and O–H groups in total. The molecule has 1 fully saturated rings. The highest BCUT2D eigenvalue weighted by Crippen LogP contribution is 2.23. The van der Waals surface area contributed by atoms with E-state index in [1.807, 2.05) is 43.0 Å². The average Bonchev–Trinajstić information content (AvgIpc) is 2.71. The third kappa shape index (κ3) is 2.20. The van der Waals surface area contributed by atoms with Gasteiger partial charge in [0.05, 0.1) is 7.11 Å². The highest BCUT2D eigenvalue weighted by molar-refractivity contribution is 5.94. The molecule has 4 heteroatoms. The van der Waals surface area contributed by atoms with E-state index in [1.54, 1.807) is 12.0 Å². The number of methoxy groups -OCH3 is 1. The van der Waals surface area contributed by atoms with Crippen molar-refractivity contribution in [1.29, 1.82) is 0 Å². The van der Waals surface area contributed by atoms with Gasteiger partial charge in [0.2, 0.25) is 0 Å². The Balaban J connectivity index is 2.15. The summed E-state index contributed by atoms with van der Waals surface area (Å²) >= 11 is 0. The third-order valence-electron chi connectivity index (χ3n) is 3.05. The number of urea groups is 1. The highest BCUT2D eigenvalue weighted by Gasteiger charge is 2.30. The van der Waals surface area contributed by atoms with E-state index in [0.29, 0.717) is 0 Å². The quantitative estimate of drug-likeness (QED) is 0.804. The molecular formula is C13H18N2O2. The number of hydrogen-bond acceptors (Lipinski definition) is 2. The maximum absolute atomic E-state index is 12.1. The van der Waals surface area contributed by atoms with Gasteiger partial charge in [0.25, 0.3) is 0 Å². The second-order valence-corrected chi connectivity index (χ2v) is 4.42. The van der Waals surface area contributed by atoms with Crippen LogP contribution >= 0.6 is 0 Å². The first-order chi connectivity index (χ1) is 8.13. The van der Waals surface area contributed by atoms with Crippen molar-refractivity contribution >= 4 is 11.7 Å². The highest BCUT2D eigenvalue weighted by atomic mass is 16.5. The van der Waals surface area contributed by atoms with Gasteiger partial charge in [-0.15, -0.1) is 0 Å². The Hall–Kier alpha value is -1.71. The Kier molecular flexibility index (Phi) is 3.22. The normalized spacial score (nSPS) is 15.9. The van der Waals surface area contributed by atoms with Crippen LogP contribution in [0.25, 0.3) is 0 Å². The molecule has 0 unspecified atom stereocenters. The molecular weight excluding hydrogens is 216 g/mol. The zero-order chi connectivity index (χ0) is 12.4. The van der Waals surface area contributed by atoms with Crippen LogP contribution in [0.15, 0.2) is 24.3 Å². The molecule has 1 heterocycles. The first-order valence-electron chi connectivity index (χ1n) is 5.85. The first-order valence-corrected chi connectivity index (χ1v) is 5.85. The van der Waals surface area contributed by atoms with Crippen LogP contribution in [0.4, 0.5) is 10.5 Å². The number of hydrogen-bond donors (Lipinski definition) is 0. The number of benzene rings is 1. The zero-order valence-electron chi connectivity index (χ0n) is 10.5. The summed E-state index contributed by atoms with van der Waals surface area (Å²) in [6.07, 6.45) is 0. The summed E-state index contributed by atoms with van der Waals surface area (Å²) in [5.74, 6) is 0.807. The lowest BCUT2D eigenvalue weighted by Gasteiger charge is -2.21. The Labute approximate surface area is 102 Å². The van der Waals surface area contributed by atoms with Crippen molar-refractivity contribution < 1.29 is 9.53 Å². The van der Waals surface area contributed by atoms with E-state index in [0.717, 1.165) is 24.5 Å². The molecule has 1 aromatic carbocycles. The van der Waals surface area contributed by atoms with Gasteiger partial charge in [0, 0.05) is 24.8 Å². The molecule has 92 valence electrons. The standard InChI is InChI=1S/C13H18N2O2/c1-10(2)14-8-9-15(13(14)16)11-4-6-12(17-3)7-5-11/h4-7,10H,8-9H2,1-3H3. The van der Waals surface area contributed by atoms with Crippen molar-refractivity contribution in [3.63, 3.8) is 0 Å². The van der Waals surface area contributed by atoms with Crippen molar-refractivity contribution in [2.45, 2.75) is 19.9 Å². The van der Waals surface area contributed by atoms with Crippen molar-refractivity contribution in [3.8, 4) is 5.75 Å². The maximum Gasteiger partial charge on any atom is 0.324 e. The molecule has 0 spiro atoms. The third-order valence-corrected chi connectivity index (χ3v) is 3.05. The van der Waals surface area contributed by atoms with E-state index in [2.05, 4.69) is 0 Å². The van der Waals surface area contributed by atoms with E-state index in [4.69, 9.17) is 4.74 Å². The molecule has 17 heavy (non-hydrogen) atoms. The lowest BCUT2D eigenvalue weighted by atomic mass is 10.3. The zero-order valence-corrected chi connectivity index (χ0v) is 10.5. The molecule has 0 aliphatic carbocycles. The van der Waals surface area contributed by atoms with Crippen LogP contribution in [0.3, 0.4) is 0 Å². The number of amides is 2. The van der Waals surface area contributed by atoms with Gasteiger partial charge >= 0.3 is 6.03 Å². The molecule has 0 atom stereocenters. The van der Waals surface area contributed by atoms with Gasteiger partial charge in [0.15, 0.2) is 0 Å². The SMILES string of the molecule is COc1ccc(N2CCN(C(C)C)C2=O)cc1. The lowest BCUT2D eigenvalue weighted by molar-refractivity contribution is 0.209. The molecule has 4 nitrogen and oxygen atoms in total. The summed E-state index contributed by atoms with van der Waals surface area (Å²) in [6.45, 7) is 5.62. The smallest absolute Gasteiger partial charge is 0.324 e. The Morgan fingerprint density at radius 2 is 1.82 bits per heavy atom. The number of rotatable bonds is 3. The monoisotopic (exact) mass is 234 g/mol. The van der Waals surface area contributed by atoms with E-state index >= 15 is 0 Å². The summed E-state index contributed by atoms with van der Waals surface area (Å²) in [6, 6.07) is 7.93. The van der Waals surface area contributed by atoms with Gasteiger partial charge in [-0.3, -0.25) is 4.90 Å². The summed E-state index contributed by atoms with van der Waals surface area (Å²) in [7, 11) is 1.64. The number of anilines is 1. The average molecular weight is 234 g/mol. The molecule has 1 aliphatic heterocycles. The second kappa shape index (κ2) is 4.65. The Morgan fingerprint density at radius 1 is 1.18 bits per heavy atom. The van der Waals surface area contributed by atoms with Crippen LogP contribution in [0.1, 0.15) is 13.8 Å². The fourth-order valence-corrected chi connectivity index (χ4v) is 2.03. The van der Waals surface area contributed by atoms with E-state index < -0.39 is 0 Å². The molecule has 0 aromatic heterocycles. The summed E-state index contributed by atoms with van der Waals surface area (Å²) in [5.41, 5.74) is 0.930. The first kappa shape index (κ1) is 11.8. The van der Waals surface area contributed by atoms with Crippen LogP contribution in [0, 0.1) is 0 Å². The molecule has 0 radical (unpaired) electrons. The fourth-order valence-electron chi connectivity index (χ4n) is 2.03.